The zero-order valence-corrected chi connectivity index (χ0v) is 16.0. The van der Waals surface area contributed by atoms with E-state index in [-0.39, 0.29) is 22.5 Å². The van der Waals surface area contributed by atoms with Gasteiger partial charge < -0.3 is 9.42 Å². The minimum Gasteiger partial charge on any atom is -0.360 e. The zero-order chi connectivity index (χ0) is 18.9. The van der Waals surface area contributed by atoms with Crippen LogP contribution in [-0.4, -0.2) is 30.9 Å². The maximum absolute atomic E-state index is 12.6. The lowest BCUT2D eigenvalue weighted by Crippen LogP contribution is -2.39. The summed E-state index contributed by atoms with van der Waals surface area (Å²) in [5, 5.41) is 3.66. The second kappa shape index (κ2) is 7.11. The number of aryl methyl sites for hydroxylation is 1. The van der Waals surface area contributed by atoms with Crippen molar-refractivity contribution in [2.75, 3.05) is 11.3 Å². The number of anilines is 1. The van der Waals surface area contributed by atoms with Crippen molar-refractivity contribution in [2.24, 2.45) is 5.92 Å². The van der Waals surface area contributed by atoms with Crippen LogP contribution in [0.15, 0.2) is 33.7 Å². The number of aromatic nitrogens is 1. The molecule has 1 N–H and O–H groups in total. The first kappa shape index (κ1) is 18.4. The molecule has 1 aromatic heterocycles. The Morgan fingerprint density at radius 2 is 2.12 bits per heavy atom. The number of carbonyl (C=O) groups excluding carboxylic acids is 1. The van der Waals surface area contributed by atoms with Crippen LogP contribution >= 0.6 is 0 Å². The summed E-state index contributed by atoms with van der Waals surface area (Å²) < 4.78 is 32.5. The Morgan fingerprint density at radius 1 is 1.35 bits per heavy atom. The largest absolute Gasteiger partial charge is 0.360 e. The molecule has 7 nitrogen and oxygen atoms in total. The summed E-state index contributed by atoms with van der Waals surface area (Å²) in [6, 6.07) is 6.56. The van der Waals surface area contributed by atoms with Gasteiger partial charge in [0.1, 0.15) is 5.76 Å². The monoisotopic (exact) mass is 377 g/mol. The first-order chi connectivity index (χ1) is 12.3. The Morgan fingerprint density at radius 3 is 2.77 bits per heavy atom. The number of benzene rings is 1. The minimum atomic E-state index is -3.77. The lowest BCUT2D eigenvalue weighted by molar-refractivity contribution is -0.136. The Bertz CT molecular complexity index is 920. The SMILES string of the molecule is CC[C@@H](C)C(=O)N1CCc2ccc(S(=O)(=O)Nc3cc(C)on3)cc2C1. The molecule has 8 heteroatoms. The third kappa shape index (κ3) is 3.75. The molecule has 26 heavy (non-hydrogen) atoms. The van der Waals surface area contributed by atoms with Gasteiger partial charge in [0, 0.05) is 25.1 Å². The molecule has 0 unspecified atom stereocenters. The molecule has 1 aliphatic heterocycles. The van der Waals surface area contributed by atoms with Crippen molar-refractivity contribution in [1.82, 2.24) is 10.1 Å². The average Bonchev–Trinajstić information content (AvgIpc) is 3.03. The standard InChI is InChI=1S/C18H23N3O4S/c1-4-12(2)18(22)21-8-7-14-5-6-16(10-15(14)11-21)26(23,24)20-17-9-13(3)25-19-17/h5-6,9-10,12H,4,7-8,11H2,1-3H3,(H,19,20)/t12-/m1/s1. The number of nitrogens with one attached hydrogen (secondary N) is 1. The molecule has 0 spiro atoms. The highest BCUT2D eigenvalue weighted by Gasteiger charge is 2.25. The number of amides is 1. The van der Waals surface area contributed by atoms with Gasteiger partial charge in [-0.25, -0.2) is 8.42 Å². The van der Waals surface area contributed by atoms with E-state index in [0.29, 0.717) is 18.8 Å². The fraction of sp³-hybridized carbons (Fsp3) is 0.444. The van der Waals surface area contributed by atoms with Gasteiger partial charge in [0.25, 0.3) is 10.0 Å². The average molecular weight is 377 g/mol. The lowest BCUT2D eigenvalue weighted by atomic mass is 9.98. The number of fused-ring (bicyclic) bond motifs is 1. The molecule has 3 rings (SSSR count). The summed E-state index contributed by atoms with van der Waals surface area (Å²) in [5.41, 5.74) is 1.95. The molecular weight excluding hydrogens is 354 g/mol. The van der Waals surface area contributed by atoms with E-state index in [1.807, 2.05) is 19.9 Å². The molecule has 140 valence electrons. The van der Waals surface area contributed by atoms with Crippen LogP contribution in [0.3, 0.4) is 0 Å². The van der Waals surface area contributed by atoms with Crippen molar-refractivity contribution < 1.29 is 17.7 Å². The van der Waals surface area contributed by atoms with E-state index in [9.17, 15) is 13.2 Å². The van der Waals surface area contributed by atoms with Crippen LogP contribution in [0, 0.1) is 12.8 Å². The molecule has 0 radical (unpaired) electrons. The summed E-state index contributed by atoms with van der Waals surface area (Å²) in [4.78, 5) is 14.4. The topological polar surface area (TPSA) is 92.5 Å². The number of carbonyl (C=O) groups is 1. The predicted molar refractivity (Wildman–Crippen MR) is 97.1 cm³/mol. The van der Waals surface area contributed by atoms with Crippen molar-refractivity contribution in [3.63, 3.8) is 0 Å². The number of sulfonamides is 1. The molecule has 0 bridgehead atoms. The third-order valence-corrected chi connectivity index (χ3v) is 6.07. The van der Waals surface area contributed by atoms with Crippen molar-refractivity contribution in [3.05, 3.63) is 41.2 Å². The summed E-state index contributed by atoms with van der Waals surface area (Å²) in [5.74, 6) is 0.754. The van der Waals surface area contributed by atoms with Gasteiger partial charge >= 0.3 is 0 Å². The van der Waals surface area contributed by atoms with Crippen LogP contribution < -0.4 is 4.72 Å². The van der Waals surface area contributed by atoms with E-state index in [1.54, 1.807) is 24.0 Å². The summed E-state index contributed by atoms with van der Waals surface area (Å²) in [6.07, 6.45) is 1.52. The smallest absolute Gasteiger partial charge is 0.263 e. The van der Waals surface area contributed by atoms with E-state index in [0.717, 1.165) is 24.0 Å². The van der Waals surface area contributed by atoms with Gasteiger partial charge in [-0.3, -0.25) is 9.52 Å². The maximum Gasteiger partial charge on any atom is 0.263 e. The van der Waals surface area contributed by atoms with Gasteiger partial charge in [-0.2, -0.15) is 0 Å². The molecule has 0 fully saturated rings. The molecule has 1 aliphatic rings. The summed E-state index contributed by atoms with van der Waals surface area (Å²) >= 11 is 0. The van der Waals surface area contributed by atoms with Gasteiger partial charge in [-0.15, -0.1) is 0 Å². The fourth-order valence-corrected chi connectivity index (χ4v) is 4.02. The number of hydrogen-bond acceptors (Lipinski definition) is 5. The Hall–Kier alpha value is -2.35. The van der Waals surface area contributed by atoms with Gasteiger partial charge in [0.05, 0.1) is 4.90 Å². The van der Waals surface area contributed by atoms with Crippen molar-refractivity contribution >= 4 is 21.7 Å². The highest BCUT2D eigenvalue weighted by molar-refractivity contribution is 7.92. The molecule has 1 atom stereocenters. The molecule has 0 saturated carbocycles. The Kier molecular flexibility index (Phi) is 5.04. The van der Waals surface area contributed by atoms with Crippen molar-refractivity contribution in [2.45, 2.75) is 45.1 Å². The molecular formula is C18H23N3O4S. The van der Waals surface area contributed by atoms with Crippen LogP contribution in [0.1, 0.15) is 37.2 Å². The van der Waals surface area contributed by atoms with Gasteiger partial charge in [0.2, 0.25) is 5.91 Å². The van der Waals surface area contributed by atoms with E-state index in [4.69, 9.17) is 4.52 Å². The van der Waals surface area contributed by atoms with Gasteiger partial charge in [-0.1, -0.05) is 25.1 Å². The molecule has 1 aromatic carbocycles. The normalized spacial score (nSPS) is 15.4. The molecule has 0 aliphatic carbocycles. The highest BCUT2D eigenvalue weighted by atomic mass is 32.2. The molecule has 2 aromatic rings. The minimum absolute atomic E-state index is 0.0273. The second-order valence-electron chi connectivity index (χ2n) is 6.68. The van der Waals surface area contributed by atoms with Crippen LogP contribution in [0.2, 0.25) is 0 Å². The Labute approximate surface area is 153 Å². The van der Waals surface area contributed by atoms with Crippen LogP contribution in [0.4, 0.5) is 5.82 Å². The van der Waals surface area contributed by atoms with E-state index < -0.39 is 10.0 Å². The third-order valence-electron chi connectivity index (χ3n) is 4.71. The number of nitrogens with zero attached hydrogens (tertiary/aromatic N) is 2. The summed E-state index contributed by atoms with van der Waals surface area (Å²) in [6.45, 7) is 6.70. The van der Waals surface area contributed by atoms with E-state index in [2.05, 4.69) is 9.88 Å². The van der Waals surface area contributed by atoms with Crippen LogP contribution in [0.5, 0.6) is 0 Å². The number of rotatable bonds is 5. The highest BCUT2D eigenvalue weighted by Crippen LogP contribution is 2.25. The van der Waals surface area contributed by atoms with E-state index >= 15 is 0 Å². The van der Waals surface area contributed by atoms with E-state index in [1.165, 1.54) is 6.07 Å². The van der Waals surface area contributed by atoms with Gasteiger partial charge in [-0.05, 0) is 43.0 Å². The zero-order valence-electron chi connectivity index (χ0n) is 15.2. The van der Waals surface area contributed by atoms with Crippen LogP contribution in [-0.2, 0) is 27.8 Å². The van der Waals surface area contributed by atoms with Gasteiger partial charge in [0.15, 0.2) is 5.82 Å². The quantitative estimate of drug-likeness (QED) is 0.865. The second-order valence-corrected chi connectivity index (χ2v) is 8.36. The molecule has 2 heterocycles. The van der Waals surface area contributed by atoms with Crippen molar-refractivity contribution in [3.8, 4) is 0 Å². The van der Waals surface area contributed by atoms with Crippen molar-refractivity contribution in [1.29, 1.82) is 0 Å². The molecule has 1 amide bonds. The first-order valence-electron chi connectivity index (χ1n) is 8.67. The summed E-state index contributed by atoms with van der Waals surface area (Å²) in [7, 11) is -3.77. The Balaban J connectivity index is 1.83. The lowest BCUT2D eigenvalue weighted by Gasteiger charge is -2.31. The maximum atomic E-state index is 12.6. The van der Waals surface area contributed by atoms with Crippen LogP contribution in [0.25, 0.3) is 0 Å². The molecule has 0 saturated heterocycles. The number of hydrogen-bond donors (Lipinski definition) is 1. The fourth-order valence-electron chi connectivity index (χ4n) is 2.99. The predicted octanol–water partition coefficient (Wildman–Crippen LogP) is 2.71. The first-order valence-corrected chi connectivity index (χ1v) is 10.1.